The molecule has 4 heterocycles. The van der Waals surface area contributed by atoms with Gasteiger partial charge in [0, 0.05) is 56.8 Å². The molecule has 1 spiro atoms. The van der Waals surface area contributed by atoms with Crippen LogP contribution >= 0.6 is 11.6 Å². The minimum Gasteiger partial charge on any atom is -0.490 e. The summed E-state index contributed by atoms with van der Waals surface area (Å²) >= 11 is 6.48. The van der Waals surface area contributed by atoms with E-state index in [9.17, 15) is 31.9 Å². The van der Waals surface area contributed by atoms with E-state index in [-0.39, 0.29) is 56.2 Å². The highest BCUT2D eigenvalue weighted by molar-refractivity contribution is 7.87. The van der Waals surface area contributed by atoms with E-state index in [0.717, 1.165) is 36.4 Å². The highest BCUT2D eigenvalue weighted by atomic mass is 35.5. The molecule has 2 N–H and O–H groups in total. The Morgan fingerprint density at radius 1 is 1.09 bits per heavy atom. The Morgan fingerprint density at radius 3 is 2.61 bits per heavy atom. The highest BCUT2D eigenvalue weighted by Crippen LogP contribution is 2.48. The van der Waals surface area contributed by atoms with Gasteiger partial charge < -0.3 is 24.4 Å². The number of ether oxygens (including phenoxy) is 2. The lowest BCUT2D eigenvalue weighted by Crippen LogP contribution is -2.57. The number of hydrogen-bond donors (Lipinski definition) is 2. The van der Waals surface area contributed by atoms with Crippen LogP contribution in [0, 0.1) is 11.8 Å². The number of carbonyl (C=O) groups excluding carboxylic acids is 2. The Hall–Kier alpha value is -3.34. The van der Waals surface area contributed by atoms with E-state index in [4.69, 9.17) is 21.1 Å². The van der Waals surface area contributed by atoms with Gasteiger partial charge in [-0.25, -0.2) is 13.5 Å². The van der Waals surface area contributed by atoms with Gasteiger partial charge in [-0.15, -0.1) is 0 Å². The Morgan fingerprint density at radius 2 is 1.89 bits per heavy atom. The fourth-order valence-electron chi connectivity index (χ4n) is 9.40. The number of aryl methyl sites for hydroxylation is 1. The zero-order valence-corrected chi connectivity index (χ0v) is 33.9. The van der Waals surface area contributed by atoms with Crippen LogP contribution in [0.25, 0.3) is 0 Å². The van der Waals surface area contributed by atoms with Crippen LogP contribution in [-0.2, 0) is 42.0 Å². The molecule has 0 unspecified atom stereocenters. The molecule has 0 aromatic heterocycles. The van der Waals surface area contributed by atoms with Gasteiger partial charge >= 0.3 is 10.2 Å². The van der Waals surface area contributed by atoms with Gasteiger partial charge in [-0.05, 0) is 97.7 Å². The van der Waals surface area contributed by atoms with E-state index in [1.807, 2.05) is 24.3 Å². The first kappa shape index (κ1) is 40.4. The summed E-state index contributed by atoms with van der Waals surface area (Å²) in [6.07, 6.45) is 8.68. The first-order valence-corrected chi connectivity index (χ1v) is 21.9. The Kier molecular flexibility index (Phi) is 11.1. The maximum Gasteiger partial charge on any atom is 0.303 e. The van der Waals surface area contributed by atoms with Crippen molar-refractivity contribution in [2.45, 2.75) is 74.4 Å². The standard InChI is InChI=1S/C41H52ClF2N5O7S/c1-46-15-3-2-7-35(55-19-18-47-25-40(43,44)26-47)32-11-8-29(32)23-48-24-39(14-4-6-28-20-31(42)10-12-33(28)39)27-56-36-13-9-30(21-34(36)48)41(52,22-37(46)50)38(51)45-57(53,54)49-16-5-17-49/h2,7,9-10,12-13,20-21,29,32,35,52H,3-6,8,11,14-19,22-27H2,1H3,(H,45,51)/b7-2-/t29-,32+,35-,39-,41+/m0/s1. The number of nitrogens with one attached hydrogen (secondary N) is 1. The molecule has 310 valence electrons. The van der Waals surface area contributed by atoms with Crippen LogP contribution < -0.4 is 14.4 Å². The smallest absolute Gasteiger partial charge is 0.303 e. The minimum absolute atomic E-state index is 0.0783. The molecule has 5 atom stereocenters. The summed E-state index contributed by atoms with van der Waals surface area (Å²) in [5.74, 6) is -3.54. The van der Waals surface area contributed by atoms with Crippen molar-refractivity contribution in [1.29, 1.82) is 0 Å². The van der Waals surface area contributed by atoms with E-state index in [2.05, 4.69) is 15.7 Å². The molecule has 6 aliphatic rings. The number of alkyl halides is 2. The number of anilines is 1. The monoisotopic (exact) mass is 831 g/mol. The van der Waals surface area contributed by atoms with Gasteiger partial charge in [-0.2, -0.15) is 12.7 Å². The molecular weight excluding hydrogens is 780 g/mol. The summed E-state index contributed by atoms with van der Waals surface area (Å²) in [7, 11) is -2.67. The largest absolute Gasteiger partial charge is 0.490 e. The molecule has 57 heavy (non-hydrogen) atoms. The van der Waals surface area contributed by atoms with Gasteiger partial charge in [0.25, 0.3) is 11.8 Å². The molecule has 0 radical (unpaired) electrons. The molecule has 8 rings (SSSR count). The average Bonchev–Trinajstić information content (AvgIpc) is 3.25. The first-order valence-electron chi connectivity index (χ1n) is 20.1. The third-order valence-electron chi connectivity index (χ3n) is 13.0. The Balaban J connectivity index is 1.16. The number of rotatable bonds is 7. The number of likely N-dealkylation sites (tertiary alicyclic amines) is 1. The van der Waals surface area contributed by atoms with Crippen LogP contribution in [0.15, 0.2) is 48.6 Å². The second-order valence-corrected chi connectivity index (χ2v) is 19.1. The molecule has 3 fully saturated rings. The summed E-state index contributed by atoms with van der Waals surface area (Å²) in [5.41, 5.74) is 0.111. The predicted octanol–water partition coefficient (Wildman–Crippen LogP) is 4.24. The molecular formula is C41H52ClF2N5O7S. The first-order chi connectivity index (χ1) is 27.1. The third kappa shape index (κ3) is 8.16. The summed E-state index contributed by atoms with van der Waals surface area (Å²) in [6.45, 7) is 2.51. The molecule has 2 saturated heterocycles. The van der Waals surface area contributed by atoms with Gasteiger partial charge in [0.05, 0.1) is 44.5 Å². The van der Waals surface area contributed by atoms with Crippen molar-refractivity contribution in [1.82, 2.24) is 18.8 Å². The number of benzene rings is 2. The zero-order valence-electron chi connectivity index (χ0n) is 32.3. The Bertz CT molecular complexity index is 2010. The maximum absolute atomic E-state index is 14.1. The average molecular weight is 832 g/mol. The van der Waals surface area contributed by atoms with Gasteiger partial charge in [0.1, 0.15) is 5.75 Å². The molecule has 2 amide bonds. The maximum atomic E-state index is 14.1. The van der Waals surface area contributed by atoms with Crippen molar-refractivity contribution in [3.8, 4) is 5.75 Å². The predicted molar refractivity (Wildman–Crippen MR) is 211 cm³/mol. The number of nitrogens with zero attached hydrogens (tertiary/aromatic N) is 4. The fourth-order valence-corrected chi connectivity index (χ4v) is 10.9. The van der Waals surface area contributed by atoms with Gasteiger partial charge in [-0.1, -0.05) is 35.9 Å². The van der Waals surface area contributed by atoms with Crippen LogP contribution in [0.3, 0.4) is 0 Å². The van der Waals surface area contributed by atoms with Crippen LogP contribution in [0.2, 0.25) is 5.02 Å². The van der Waals surface area contributed by atoms with Crippen molar-refractivity contribution in [2.75, 3.05) is 77.5 Å². The van der Waals surface area contributed by atoms with E-state index in [1.165, 1.54) is 16.0 Å². The normalized spacial score (nSPS) is 31.1. The van der Waals surface area contributed by atoms with Gasteiger partial charge in [0.15, 0.2) is 5.60 Å². The van der Waals surface area contributed by atoms with E-state index >= 15 is 0 Å². The number of amides is 2. The van der Waals surface area contributed by atoms with Crippen LogP contribution in [-0.4, -0.2) is 124 Å². The quantitative estimate of drug-likeness (QED) is 0.394. The van der Waals surface area contributed by atoms with Crippen molar-refractivity contribution in [3.05, 3.63) is 70.3 Å². The lowest BCUT2D eigenvalue weighted by Gasteiger charge is -2.46. The lowest BCUT2D eigenvalue weighted by molar-refractivity contribution is -0.148. The zero-order chi connectivity index (χ0) is 40.2. The topological polar surface area (TPSA) is 132 Å². The highest BCUT2D eigenvalue weighted by Gasteiger charge is 2.48. The second kappa shape index (κ2) is 15.7. The van der Waals surface area contributed by atoms with E-state index < -0.39 is 45.4 Å². The van der Waals surface area contributed by atoms with Crippen molar-refractivity contribution >= 4 is 39.3 Å². The lowest BCUT2D eigenvalue weighted by atomic mass is 9.68. The minimum atomic E-state index is -4.25. The van der Waals surface area contributed by atoms with Crippen molar-refractivity contribution < 1.29 is 41.4 Å². The van der Waals surface area contributed by atoms with Crippen LogP contribution in [0.1, 0.15) is 61.6 Å². The molecule has 2 aliphatic carbocycles. The molecule has 2 aromatic carbocycles. The van der Waals surface area contributed by atoms with Crippen LogP contribution in [0.4, 0.5) is 14.5 Å². The molecule has 12 nitrogen and oxygen atoms in total. The third-order valence-corrected chi connectivity index (χ3v) is 14.8. The fraction of sp³-hybridized carbons (Fsp3) is 0.610. The summed E-state index contributed by atoms with van der Waals surface area (Å²) in [4.78, 5) is 33.3. The molecule has 16 heteroatoms. The van der Waals surface area contributed by atoms with Crippen molar-refractivity contribution in [2.24, 2.45) is 11.8 Å². The SMILES string of the molecule is CN1CC/C=C\[C@H](OCCN2CC(F)(F)C2)[C@@H]2CC[C@H]2CN2C[C@@]3(CCCc4cc(Cl)ccc43)COc3ccc(cc32)[C@@](O)(C(=O)NS(=O)(=O)N2CCC2)CC1=O. The molecule has 4 aliphatic heterocycles. The summed E-state index contributed by atoms with van der Waals surface area (Å²) in [5, 5.41) is 13.1. The summed E-state index contributed by atoms with van der Waals surface area (Å²) in [6, 6.07) is 11.0. The van der Waals surface area contributed by atoms with E-state index in [0.29, 0.717) is 62.1 Å². The van der Waals surface area contributed by atoms with Gasteiger partial charge in [-0.3, -0.25) is 14.5 Å². The number of aliphatic hydroxyl groups is 1. The van der Waals surface area contributed by atoms with Crippen molar-refractivity contribution in [3.63, 3.8) is 0 Å². The summed E-state index contributed by atoms with van der Waals surface area (Å²) < 4.78 is 69.8. The number of fused-ring (bicyclic) bond motifs is 4. The number of carbonyl (C=O) groups is 2. The number of hydrogen-bond acceptors (Lipinski definition) is 9. The van der Waals surface area contributed by atoms with Crippen LogP contribution in [0.5, 0.6) is 5.75 Å². The molecule has 2 bridgehead atoms. The van der Waals surface area contributed by atoms with E-state index in [1.54, 1.807) is 30.1 Å². The number of halogens is 3. The second-order valence-electron chi connectivity index (χ2n) is 16.9. The Labute approximate surface area is 338 Å². The van der Waals surface area contributed by atoms with Gasteiger partial charge in [0.2, 0.25) is 5.91 Å². The molecule has 2 aromatic rings. The molecule has 1 saturated carbocycles.